The quantitative estimate of drug-likeness (QED) is 0.320. The van der Waals surface area contributed by atoms with Gasteiger partial charge in [-0.2, -0.15) is 0 Å². The number of guanidine groups is 1. The molecule has 2 aromatic rings. The van der Waals surface area contributed by atoms with Gasteiger partial charge in [0.15, 0.2) is 17.5 Å². The molecule has 0 amide bonds. The highest BCUT2D eigenvalue weighted by Crippen LogP contribution is 2.28. The molecule has 1 heterocycles. The van der Waals surface area contributed by atoms with Crippen LogP contribution in [0.25, 0.3) is 0 Å². The van der Waals surface area contributed by atoms with Crippen LogP contribution in [-0.4, -0.2) is 38.3 Å². The van der Waals surface area contributed by atoms with Crippen LogP contribution in [-0.2, 0) is 25.7 Å². The maximum atomic E-state index is 5.98. The highest BCUT2D eigenvalue weighted by atomic mass is 127. The number of hydrogen-bond acceptors (Lipinski definition) is 5. The summed E-state index contributed by atoms with van der Waals surface area (Å²) >= 11 is 1.84. The fraction of sp³-hybridized carbons (Fsp3) is 0.500. The van der Waals surface area contributed by atoms with Crippen molar-refractivity contribution in [1.29, 1.82) is 0 Å². The van der Waals surface area contributed by atoms with Crippen LogP contribution in [0.3, 0.4) is 0 Å². The Balaban J connectivity index is 0.00000280. The van der Waals surface area contributed by atoms with E-state index < -0.39 is 0 Å². The van der Waals surface area contributed by atoms with Gasteiger partial charge in [-0.25, -0.2) is 4.98 Å². The van der Waals surface area contributed by atoms with Crippen LogP contribution in [0.2, 0.25) is 0 Å². The number of nitrogens with two attached hydrogens (primary N) is 1. The Morgan fingerprint density at radius 3 is 2.71 bits per heavy atom. The molecule has 0 unspecified atom stereocenters. The maximum Gasteiger partial charge on any atom is 0.188 e. The van der Waals surface area contributed by atoms with Crippen LogP contribution in [0.15, 0.2) is 23.2 Å². The lowest BCUT2D eigenvalue weighted by atomic mass is 10.0. The second-order valence-electron chi connectivity index (χ2n) is 6.57. The van der Waals surface area contributed by atoms with Crippen molar-refractivity contribution in [3.63, 3.8) is 0 Å². The minimum Gasteiger partial charge on any atom is -0.493 e. The number of methoxy groups -OCH3 is 2. The first-order chi connectivity index (χ1) is 13.2. The fourth-order valence-electron chi connectivity index (χ4n) is 3.21. The average Bonchev–Trinajstić information content (AvgIpc) is 3.10. The Morgan fingerprint density at radius 2 is 1.96 bits per heavy atom. The topological polar surface area (TPSA) is 81.8 Å². The molecule has 0 atom stereocenters. The Bertz CT molecular complexity index is 771. The first-order valence-corrected chi connectivity index (χ1v) is 10.2. The Labute approximate surface area is 188 Å². The molecule has 0 bridgehead atoms. The molecule has 0 saturated heterocycles. The Hall–Kier alpha value is -1.55. The zero-order valence-electron chi connectivity index (χ0n) is 16.5. The average molecular weight is 516 g/mol. The van der Waals surface area contributed by atoms with E-state index in [-0.39, 0.29) is 24.0 Å². The normalized spacial score (nSPS) is 13.4. The van der Waals surface area contributed by atoms with Gasteiger partial charge >= 0.3 is 0 Å². The van der Waals surface area contributed by atoms with Gasteiger partial charge in [-0.05, 0) is 49.8 Å². The van der Waals surface area contributed by atoms with Gasteiger partial charge in [-0.15, -0.1) is 35.3 Å². The molecule has 1 aliphatic carbocycles. The van der Waals surface area contributed by atoms with E-state index in [9.17, 15) is 0 Å². The van der Waals surface area contributed by atoms with Crippen LogP contribution in [0.4, 0.5) is 0 Å². The minimum absolute atomic E-state index is 0. The molecule has 8 heteroatoms. The van der Waals surface area contributed by atoms with Crippen molar-refractivity contribution in [2.75, 3.05) is 27.3 Å². The lowest BCUT2D eigenvalue weighted by Gasteiger charge is -2.10. The predicted molar refractivity (Wildman–Crippen MR) is 126 cm³/mol. The summed E-state index contributed by atoms with van der Waals surface area (Å²) in [5, 5.41) is 4.36. The highest BCUT2D eigenvalue weighted by molar-refractivity contribution is 14.0. The lowest BCUT2D eigenvalue weighted by molar-refractivity contribution is 0.354. The number of aliphatic imine (C=N–C) groups is 1. The first-order valence-electron chi connectivity index (χ1n) is 9.41. The summed E-state index contributed by atoms with van der Waals surface area (Å²) in [6.45, 7) is 1.39. The molecule has 0 radical (unpaired) electrons. The number of hydrogen-bond donors (Lipinski definition) is 2. The summed E-state index contributed by atoms with van der Waals surface area (Å²) < 4.78 is 10.6. The van der Waals surface area contributed by atoms with Crippen LogP contribution < -0.4 is 20.5 Å². The van der Waals surface area contributed by atoms with E-state index >= 15 is 0 Å². The van der Waals surface area contributed by atoms with Gasteiger partial charge in [-0.3, -0.25) is 4.99 Å². The third kappa shape index (κ3) is 6.23. The molecule has 154 valence electrons. The summed E-state index contributed by atoms with van der Waals surface area (Å²) in [4.78, 5) is 10.6. The SMILES string of the molecule is COc1ccc(CCNC(N)=NCCc2nc3c(s2)CCCC3)cc1OC.I. The summed E-state index contributed by atoms with van der Waals surface area (Å²) in [6, 6.07) is 5.93. The van der Waals surface area contributed by atoms with Gasteiger partial charge in [0.2, 0.25) is 0 Å². The van der Waals surface area contributed by atoms with E-state index in [1.54, 1.807) is 14.2 Å². The summed E-state index contributed by atoms with van der Waals surface area (Å²) in [5.74, 6) is 1.96. The first kappa shape index (κ1) is 22.7. The van der Waals surface area contributed by atoms with Crippen LogP contribution in [0.5, 0.6) is 11.5 Å². The number of benzene rings is 1. The molecule has 3 rings (SSSR count). The summed E-state index contributed by atoms with van der Waals surface area (Å²) in [5.41, 5.74) is 8.44. The molecule has 1 aromatic carbocycles. The van der Waals surface area contributed by atoms with Gasteiger partial charge < -0.3 is 20.5 Å². The van der Waals surface area contributed by atoms with Gasteiger partial charge in [0.1, 0.15) is 0 Å². The van der Waals surface area contributed by atoms with Crippen LogP contribution >= 0.6 is 35.3 Å². The Kier molecular flexibility index (Phi) is 9.30. The number of thiazole rings is 1. The van der Waals surface area contributed by atoms with E-state index in [0.717, 1.165) is 42.9 Å². The van der Waals surface area contributed by atoms with Gasteiger partial charge in [-0.1, -0.05) is 6.07 Å². The van der Waals surface area contributed by atoms with Gasteiger partial charge in [0, 0.05) is 24.4 Å². The van der Waals surface area contributed by atoms with Crippen LogP contribution in [0, 0.1) is 0 Å². The molecule has 0 fully saturated rings. The standard InChI is InChI=1S/C20H28N4O2S.HI/c1-25-16-8-7-14(13-17(16)26-2)9-11-22-20(21)23-12-10-19-24-15-5-3-4-6-18(15)27-19;/h7-8,13H,3-6,9-12H2,1-2H3,(H3,21,22,23);1H. The molecule has 0 saturated carbocycles. The van der Waals surface area contributed by atoms with Gasteiger partial charge in [0.05, 0.1) is 24.9 Å². The predicted octanol–water partition coefficient (Wildman–Crippen LogP) is 3.35. The third-order valence-electron chi connectivity index (χ3n) is 4.67. The van der Waals surface area contributed by atoms with Crippen molar-refractivity contribution >= 4 is 41.3 Å². The van der Waals surface area contributed by atoms with Crippen molar-refractivity contribution in [3.8, 4) is 11.5 Å². The third-order valence-corrected chi connectivity index (χ3v) is 5.88. The van der Waals surface area contributed by atoms with E-state index in [1.165, 1.54) is 34.8 Å². The number of fused-ring (bicyclic) bond motifs is 1. The van der Waals surface area contributed by atoms with E-state index in [0.29, 0.717) is 12.5 Å². The summed E-state index contributed by atoms with van der Waals surface area (Å²) in [6.07, 6.45) is 6.57. The zero-order chi connectivity index (χ0) is 19.1. The number of rotatable bonds is 8. The molecule has 0 aliphatic heterocycles. The zero-order valence-corrected chi connectivity index (χ0v) is 19.6. The maximum absolute atomic E-state index is 5.98. The van der Waals surface area contributed by atoms with Crippen molar-refractivity contribution in [2.45, 2.75) is 38.5 Å². The smallest absolute Gasteiger partial charge is 0.188 e. The second kappa shape index (κ2) is 11.5. The lowest BCUT2D eigenvalue weighted by Crippen LogP contribution is -2.33. The van der Waals surface area contributed by atoms with E-state index in [2.05, 4.69) is 10.3 Å². The largest absolute Gasteiger partial charge is 0.493 e. The van der Waals surface area contributed by atoms with Gasteiger partial charge in [0.25, 0.3) is 0 Å². The number of nitrogens with zero attached hydrogens (tertiary/aromatic N) is 2. The minimum atomic E-state index is 0. The monoisotopic (exact) mass is 516 g/mol. The van der Waals surface area contributed by atoms with Crippen molar-refractivity contribution < 1.29 is 9.47 Å². The molecular formula is C20H29IN4O2S. The number of nitrogens with one attached hydrogen (secondary N) is 1. The number of halogens is 1. The van der Waals surface area contributed by atoms with Crippen molar-refractivity contribution in [1.82, 2.24) is 10.3 Å². The molecule has 1 aromatic heterocycles. The number of aryl methyl sites for hydroxylation is 2. The van der Waals surface area contributed by atoms with Crippen molar-refractivity contribution in [3.05, 3.63) is 39.3 Å². The number of ether oxygens (including phenoxy) is 2. The van der Waals surface area contributed by atoms with Crippen molar-refractivity contribution in [2.24, 2.45) is 10.7 Å². The highest BCUT2D eigenvalue weighted by Gasteiger charge is 2.14. The molecular weight excluding hydrogens is 487 g/mol. The Morgan fingerprint density at radius 1 is 1.18 bits per heavy atom. The van der Waals surface area contributed by atoms with E-state index in [4.69, 9.17) is 20.2 Å². The van der Waals surface area contributed by atoms with Crippen LogP contribution in [0.1, 0.15) is 34.0 Å². The fourth-order valence-corrected chi connectivity index (χ4v) is 4.36. The molecule has 1 aliphatic rings. The molecule has 28 heavy (non-hydrogen) atoms. The van der Waals surface area contributed by atoms with E-state index in [1.807, 2.05) is 29.5 Å². The second-order valence-corrected chi connectivity index (χ2v) is 7.74. The number of aromatic nitrogens is 1. The molecule has 3 N–H and O–H groups in total. The summed E-state index contributed by atoms with van der Waals surface area (Å²) in [7, 11) is 3.28. The molecule has 6 nitrogen and oxygen atoms in total. The molecule has 0 spiro atoms.